The monoisotopic (exact) mass is 230 g/mol. The van der Waals surface area contributed by atoms with Crippen molar-refractivity contribution in [1.82, 2.24) is 4.57 Å². The Balaban J connectivity index is 2.31. The van der Waals surface area contributed by atoms with Gasteiger partial charge in [0.1, 0.15) is 0 Å². The van der Waals surface area contributed by atoms with Gasteiger partial charge in [0.2, 0.25) is 0 Å². The largest absolute Gasteiger partial charge is 0.311 e. The fraction of sp³-hybridized carbons (Fsp3) is 0.0833. The molecule has 17 heavy (non-hydrogen) atoms. The molecule has 0 saturated carbocycles. The van der Waals surface area contributed by atoms with Gasteiger partial charge in [0, 0.05) is 24.4 Å². The van der Waals surface area contributed by atoms with E-state index in [9.17, 15) is 14.9 Å². The number of nitro groups is 1. The molecule has 0 atom stereocenters. The Morgan fingerprint density at radius 1 is 1.18 bits per heavy atom. The number of hydrogen-bond acceptors (Lipinski definition) is 3. The van der Waals surface area contributed by atoms with E-state index in [1.807, 2.05) is 0 Å². The number of benzene rings is 1. The summed E-state index contributed by atoms with van der Waals surface area (Å²) in [6, 6.07) is 11.1. The van der Waals surface area contributed by atoms with Gasteiger partial charge < -0.3 is 4.57 Å². The molecule has 0 fully saturated rings. The van der Waals surface area contributed by atoms with Crippen LogP contribution in [0.25, 0.3) is 0 Å². The van der Waals surface area contributed by atoms with E-state index in [1.165, 1.54) is 22.8 Å². The van der Waals surface area contributed by atoms with Crippen molar-refractivity contribution < 1.29 is 4.92 Å². The van der Waals surface area contributed by atoms with Crippen LogP contribution in [0.5, 0.6) is 0 Å². The minimum absolute atomic E-state index is 0.0338. The predicted molar refractivity (Wildman–Crippen MR) is 62.9 cm³/mol. The molecule has 2 rings (SSSR count). The summed E-state index contributed by atoms with van der Waals surface area (Å²) in [5, 5.41) is 10.6. The lowest BCUT2D eigenvalue weighted by molar-refractivity contribution is -0.384. The van der Waals surface area contributed by atoms with Crippen molar-refractivity contribution in [3.05, 3.63) is 74.7 Å². The van der Waals surface area contributed by atoms with E-state index in [4.69, 9.17) is 0 Å². The molecule has 0 aliphatic heterocycles. The van der Waals surface area contributed by atoms with Crippen LogP contribution in [0.15, 0.2) is 53.5 Å². The van der Waals surface area contributed by atoms with Crippen LogP contribution < -0.4 is 5.56 Å². The lowest BCUT2D eigenvalue weighted by atomic mass is 10.2. The fourth-order valence-corrected chi connectivity index (χ4v) is 1.56. The molecule has 0 radical (unpaired) electrons. The smallest absolute Gasteiger partial charge is 0.269 e. The minimum atomic E-state index is -0.447. The van der Waals surface area contributed by atoms with Gasteiger partial charge in [-0.15, -0.1) is 0 Å². The summed E-state index contributed by atoms with van der Waals surface area (Å²) >= 11 is 0. The third-order valence-corrected chi connectivity index (χ3v) is 2.37. The van der Waals surface area contributed by atoms with Crippen LogP contribution in [0.2, 0.25) is 0 Å². The van der Waals surface area contributed by atoms with Crippen molar-refractivity contribution in [1.29, 1.82) is 0 Å². The van der Waals surface area contributed by atoms with E-state index < -0.39 is 4.92 Å². The molecule has 0 bridgehead atoms. The van der Waals surface area contributed by atoms with Crippen molar-refractivity contribution in [2.24, 2.45) is 0 Å². The number of pyridine rings is 1. The Labute approximate surface area is 97.1 Å². The van der Waals surface area contributed by atoms with Gasteiger partial charge in [-0.3, -0.25) is 14.9 Å². The first-order chi connectivity index (χ1) is 8.16. The molecule has 0 saturated heterocycles. The maximum absolute atomic E-state index is 11.5. The lowest BCUT2D eigenvalue weighted by Gasteiger charge is -2.04. The highest BCUT2D eigenvalue weighted by molar-refractivity contribution is 5.34. The van der Waals surface area contributed by atoms with Crippen LogP contribution >= 0.6 is 0 Å². The molecule has 1 heterocycles. The zero-order valence-electron chi connectivity index (χ0n) is 8.95. The summed E-state index contributed by atoms with van der Waals surface area (Å²) < 4.78 is 1.50. The van der Waals surface area contributed by atoms with Crippen molar-refractivity contribution in [3.8, 4) is 0 Å². The quantitative estimate of drug-likeness (QED) is 0.596. The third-order valence-electron chi connectivity index (χ3n) is 2.37. The second kappa shape index (κ2) is 4.61. The predicted octanol–water partition coefficient (Wildman–Crippen LogP) is 1.80. The fourth-order valence-electron chi connectivity index (χ4n) is 1.56. The van der Waals surface area contributed by atoms with Crippen LogP contribution in [0.1, 0.15) is 5.56 Å². The van der Waals surface area contributed by atoms with Gasteiger partial charge >= 0.3 is 0 Å². The molecular formula is C12H10N2O3. The first kappa shape index (κ1) is 11.1. The Bertz CT molecular complexity index is 604. The topological polar surface area (TPSA) is 65.1 Å². The first-order valence-electron chi connectivity index (χ1n) is 5.05. The van der Waals surface area contributed by atoms with E-state index in [1.54, 1.807) is 30.5 Å². The Morgan fingerprint density at radius 2 is 2.00 bits per heavy atom. The maximum atomic E-state index is 11.5. The molecule has 0 N–H and O–H groups in total. The number of rotatable bonds is 3. The van der Waals surface area contributed by atoms with Crippen LogP contribution in [-0.2, 0) is 6.54 Å². The second-order valence-electron chi connectivity index (χ2n) is 3.59. The van der Waals surface area contributed by atoms with E-state index in [2.05, 4.69) is 0 Å². The van der Waals surface area contributed by atoms with Crippen molar-refractivity contribution in [3.63, 3.8) is 0 Å². The van der Waals surface area contributed by atoms with Gasteiger partial charge in [0.15, 0.2) is 0 Å². The Kier molecular flexibility index (Phi) is 3.00. The molecular weight excluding hydrogens is 220 g/mol. The normalized spacial score (nSPS) is 10.1. The molecule has 0 unspecified atom stereocenters. The highest BCUT2D eigenvalue weighted by Gasteiger charge is 2.05. The second-order valence-corrected chi connectivity index (χ2v) is 3.59. The number of hydrogen-bond donors (Lipinski definition) is 0. The molecule has 0 spiro atoms. The highest BCUT2D eigenvalue weighted by Crippen LogP contribution is 2.13. The SMILES string of the molecule is O=c1ccccn1Cc1cccc([N+](=O)[O-])c1. The average molecular weight is 230 g/mol. The van der Waals surface area contributed by atoms with Crippen LogP contribution in [0.4, 0.5) is 5.69 Å². The Morgan fingerprint density at radius 3 is 2.71 bits per heavy atom. The number of nitro benzene ring substituents is 1. The minimum Gasteiger partial charge on any atom is -0.311 e. The average Bonchev–Trinajstić information content (AvgIpc) is 2.32. The number of aromatic nitrogens is 1. The molecule has 0 amide bonds. The summed E-state index contributed by atoms with van der Waals surface area (Å²) in [4.78, 5) is 21.6. The third kappa shape index (κ3) is 2.57. The van der Waals surface area contributed by atoms with Crippen molar-refractivity contribution >= 4 is 5.69 Å². The zero-order valence-corrected chi connectivity index (χ0v) is 8.95. The summed E-state index contributed by atoms with van der Waals surface area (Å²) in [7, 11) is 0. The molecule has 0 aliphatic carbocycles. The molecule has 5 nitrogen and oxygen atoms in total. The van der Waals surface area contributed by atoms with Gasteiger partial charge in [0.05, 0.1) is 11.5 Å². The van der Waals surface area contributed by atoms with Crippen molar-refractivity contribution in [2.45, 2.75) is 6.54 Å². The van der Waals surface area contributed by atoms with Gasteiger partial charge in [-0.2, -0.15) is 0 Å². The van der Waals surface area contributed by atoms with Crippen LogP contribution in [0, 0.1) is 10.1 Å². The van der Waals surface area contributed by atoms with E-state index in [-0.39, 0.29) is 11.2 Å². The summed E-state index contributed by atoms with van der Waals surface area (Å²) in [6.45, 7) is 0.335. The molecule has 5 heteroatoms. The molecule has 1 aromatic carbocycles. The van der Waals surface area contributed by atoms with Crippen LogP contribution in [-0.4, -0.2) is 9.49 Å². The van der Waals surface area contributed by atoms with E-state index >= 15 is 0 Å². The molecule has 0 aliphatic rings. The Hall–Kier alpha value is -2.43. The summed E-state index contributed by atoms with van der Waals surface area (Å²) in [6.07, 6.45) is 1.65. The summed E-state index contributed by atoms with van der Waals surface area (Å²) in [5.74, 6) is 0. The van der Waals surface area contributed by atoms with Gasteiger partial charge in [-0.25, -0.2) is 0 Å². The number of non-ortho nitro benzene ring substituents is 1. The molecule has 2 aromatic rings. The van der Waals surface area contributed by atoms with Gasteiger partial charge in [0.25, 0.3) is 11.2 Å². The maximum Gasteiger partial charge on any atom is 0.269 e. The highest BCUT2D eigenvalue weighted by atomic mass is 16.6. The van der Waals surface area contributed by atoms with E-state index in [0.717, 1.165) is 5.56 Å². The first-order valence-corrected chi connectivity index (χ1v) is 5.05. The van der Waals surface area contributed by atoms with E-state index in [0.29, 0.717) is 6.54 Å². The number of nitrogens with zero attached hydrogens (tertiary/aromatic N) is 2. The van der Waals surface area contributed by atoms with Gasteiger partial charge in [-0.1, -0.05) is 18.2 Å². The molecule has 86 valence electrons. The van der Waals surface area contributed by atoms with Gasteiger partial charge in [-0.05, 0) is 11.6 Å². The lowest BCUT2D eigenvalue weighted by Crippen LogP contribution is -2.18. The zero-order chi connectivity index (χ0) is 12.3. The molecule has 1 aromatic heterocycles. The van der Waals surface area contributed by atoms with Crippen LogP contribution in [0.3, 0.4) is 0 Å². The van der Waals surface area contributed by atoms with Crippen molar-refractivity contribution in [2.75, 3.05) is 0 Å². The standard InChI is InChI=1S/C12H10N2O3/c15-12-6-1-2-7-13(12)9-10-4-3-5-11(8-10)14(16)17/h1-8H,9H2. The summed E-state index contributed by atoms with van der Waals surface area (Å²) in [5.41, 5.74) is 0.637.